The Labute approximate surface area is 175 Å². The number of hydrogen-bond acceptors (Lipinski definition) is 5. The number of hydrogen-bond donors (Lipinski definition) is 1. The van der Waals surface area contributed by atoms with Crippen LogP contribution in [0.4, 0.5) is 5.82 Å². The second kappa shape index (κ2) is 7.81. The van der Waals surface area contributed by atoms with E-state index in [0.29, 0.717) is 22.5 Å². The van der Waals surface area contributed by atoms with E-state index in [1.807, 2.05) is 36.4 Å². The maximum atomic E-state index is 10.4. The SMILES string of the molecule is Oc1ccccc1-c1nc(N2CCN3CCCCCC3C2)c2ccc(Cl)cc2n1. The molecule has 0 bridgehead atoms. The molecule has 1 atom stereocenters. The van der Waals surface area contributed by atoms with Crippen LogP contribution in [-0.2, 0) is 0 Å². The first-order valence-electron chi connectivity index (χ1n) is 10.4. The number of anilines is 1. The predicted octanol–water partition coefficient (Wildman–Crippen LogP) is 4.72. The lowest BCUT2D eigenvalue weighted by atomic mass is 10.1. The van der Waals surface area contributed by atoms with Gasteiger partial charge in [-0.15, -0.1) is 0 Å². The number of aromatic nitrogens is 2. The summed E-state index contributed by atoms with van der Waals surface area (Å²) in [6.45, 7) is 4.21. The van der Waals surface area contributed by atoms with Crippen LogP contribution in [0.2, 0.25) is 5.02 Å². The van der Waals surface area contributed by atoms with Gasteiger partial charge in [0.25, 0.3) is 0 Å². The highest BCUT2D eigenvalue weighted by Gasteiger charge is 2.29. The summed E-state index contributed by atoms with van der Waals surface area (Å²) in [7, 11) is 0. The average molecular weight is 409 g/mol. The third kappa shape index (κ3) is 3.65. The fraction of sp³-hybridized carbons (Fsp3) is 0.391. The van der Waals surface area contributed by atoms with Crippen LogP contribution >= 0.6 is 11.6 Å². The topological polar surface area (TPSA) is 52.5 Å². The predicted molar refractivity (Wildman–Crippen MR) is 118 cm³/mol. The van der Waals surface area contributed by atoms with E-state index in [0.717, 1.165) is 36.4 Å². The molecule has 2 aliphatic heterocycles. The van der Waals surface area contributed by atoms with Crippen molar-refractivity contribution in [1.29, 1.82) is 0 Å². The number of nitrogens with zero attached hydrogens (tertiary/aromatic N) is 4. The molecular formula is C23H25ClN4O. The lowest BCUT2D eigenvalue weighted by Crippen LogP contribution is -2.53. The Morgan fingerprint density at radius 3 is 2.76 bits per heavy atom. The van der Waals surface area contributed by atoms with Crippen molar-refractivity contribution in [3.8, 4) is 17.1 Å². The van der Waals surface area contributed by atoms with E-state index in [9.17, 15) is 5.11 Å². The molecule has 29 heavy (non-hydrogen) atoms. The Morgan fingerprint density at radius 2 is 1.86 bits per heavy atom. The van der Waals surface area contributed by atoms with Gasteiger partial charge in [0.05, 0.1) is 11.1 Å². The van der Waals surface area contributed by atoms with E-state index in [-0.39, 0.29) is 5.75 Å². The maximum Gasteiger partial charge on any atom is 0.165 e. The highest BCUT2D eigenvalue weighted by atomic mass is 35.5. The molecule has 1 N–H and O–H groups in total. The largest absolute Gasteiger partial charge is 0.507 e. The molecule has 1 aromatic heterocycles. The van der Waals surface area contributed by atoms with E-state index in [1.165, 1.54) is 32.2 Å². The summed E-state index contributed by atoms with van der Waals surface area (Å²) in [6, 6.07) is 13.6. The van der Waals surface area contributed by atoms with Crippen LogP contribution in [0.3, 0.4) is 0 Å². The smallest absolute Gasteiger partial charge is 0.165 e. The van der Waals surface area contributed by atoms with Gasteiger partial charge in [-0.1, -0.05) is 36.6 Å². The zero-order chi connectivity index (χ0) is 19.8. The molecule has 2 aromatic carbocycles. The first-order valence-corrected chi connectivity index (χ1v) is 10.8. The van der Waals surface area contributed by atoms with Crippen LogP contribution in [-0.4, -0.2) is 52.2 Å². The van der Waals surface area contributed by atoms with Gasteiger partial charge in [0.1, 0.15) is 11.6 Å². The number of rotatable bonds is 2. The number of halogens is 1. The molecule has 5 rings (SSSR count). The van der Waals surface area contributed by atoms with Gasteiger partial charge in [0.15, 0.2) is 5.82 Å². The minimum Gasteiger partial charge on any atom is -0.507 e. The molecule has 3 aromatic rings. The minimum absolute atomic E-state index is 0.188. The third-order valence-corrected chi connectivity index (χ3v) is 6.41. The number of benzene rings is 2. The van der Waals surface area contributed by atoms with Crippen molar-refractivity contribution in [1.82, 2.24) is 14.9 Å². The Morgan fingerprint density at radius 1 is 0.966 bits per heavy atom. The van der Waals surface area contributed by atoms with E-state index in [4.69, 9.17) is 21.6 Å². The van der Waals surface area contributed by atoms with Crippen molar-refractivity contribution >= 4 is 28.3 Å². The van der Waals surface area contributed by atoms with Gasteiger partial charge in [-0.25, -0.2) is 9.97 Å². The van der Waals surface area contributed by atoms with Crippen molar-refractivity contribution in [2.45, 2.75) is 31.7 Å². The van der Waals surface area contributed by atoms with Crippen LogP contribution in [0.5, 0.6) is 5.75 Å². The van der Waals surface area contributed by atoms with Crippen LogP contribution < -0.4 is 4.90 Å². The molecule has 150 valence electrons. The molecule has 0 amide bonds. The van der Waals surface area contributed by atoms with Gasteiger partial charge in [-0.2, -0.15) is 0 Å². The summed E-state index contributed by atoms with van der Waals surface area (Å²) in [4.78, 5) is 14.7. The fourth-order valence-electron chi connectivity index (χ4n) is 4.64. The van der Waals surface area contributed by atoms with Crippen LogP contribution in [0.1, 0.15) is 25.7 Å². The Bertz CT molecular complexity index is 1040. The van der Waals surface area contributed by atoms with Gasteiger partial charge in [0, 0.05) is 36.1 Å². The quantitative estimate of drug-likeness (QED) is 0.664. The zero-order valence-electron chi connectivity index (χ0n) is 16.4. The second-order valence-electron chi connectivity index (χ2n) is 8.03. The molecule has 0 aliphatic carbocycles. The molecule has 2 saturated heterocycles. The molecule has 5 nitrogen and oxygen atoms in total. The number of piperazine rings is 1. The van der Waals surface area contributed by atoms with E-state index in [2.05, 4.69) is 9.80 Å². The van der Waals surface area contributed by atoms with Gasteiger partial charge in [0.2, 0.25) is 0 Å². The lowest BCUT2D eigenvalue weighted by molar-refractivity contribution is 0.180. The van der Waals surface area contributed by atoms with E-state index in [1.54, 1.807) is 6.07 Å². The molecule has 3 heterocycles. The van der Waals surface area contributed by atoms with Gasteiger partial charge in [-0.05, 0) is 49.7 Å². The normalized spacial score (nSPS) is 20.4. The van der Waals surface area contributed by atoms with Crippen molar-refractivity contribution < 1.29 is 5.11 Å². The molecule has 1 unspecified atom stereocenters. The molecule has 2 fully saturated rings. The summed E-state index contributed by atoms with van der Waals surface area (Å²) in [5.41, 5.74) is 1.45. The van der Waals surface area contributed by atoms with Gasteiger partial charge < -0.3 is 10.0 Å². The lowest BCUT2D eigenvalue weighted by Gasteiger charge is -2.41. The standard InChI is InChI=1S/C23H25ClN4O/c24-16-9-10-18-20(14-16)25-22(19-7-3-4-8-21(19)29)26-23(18)28-13-12-27-11-5-1-2-6-17(27)15-28/h3-4,7-10,14,17,29H,1-2,5-6,11-13,15H2. The van der Waals surface area contributed by atoms with Gasteiger partial charge in [-0.3, -0.25) is 4.90 Å². The molecule has 0 spiro atoms. The molecule has 6 heteroatoms. The van der Waals surface area contributed by atoms with Crippen LogP contribution in [0.15, 0.2) is 42.5 Å². The van der Waals surface area contributed by atoms with Gasteiger partial charge >= 0.3 is 0 Å². The Hall–Kier alpha value is -2.37. The fourth-order valence-corrected chi connectivity index (χ4v) is 4.80. The maximum absolute atomic E-state index is 10.4. The second-order valence-corrected chi connectivity index (χ2v) is 8.47. The van der Waals surface area contributed by atoms with Crippen molar-refractivity contribution in [3.05, 3.63) is 47.5 Å². The van der Waals surface area contributed by atoms with Crippen LogP contribution in [0, 0.1) is 0 Å². The summed E-state index contributed by atoms with van der Waals surface area (Å²) < 4.78 is 0. The van der Waals surface area contributed by atoms with Crippen molar-refractivity contribution in [2.75, 3.05) is 31.1 Å². The Kier molecular flexibility index (Phi) is 5.02. The minimum atomic E-state index is 0.188. The van der Waals surface area contributed by atoms with Crippen molar-refractivity contribution in [2.24, 2.45) is 0 Å². The van der Waals surface area contributed by atoms with Crippen LogP contribution in [0.25, 0.3) is 22.3 Å². The van der Waals surface area contributed by atoms with E-state index < -0.39 is 0 Å². The van der Waals surface area contributed by atoms with E-state index >= 15 is 0 Å². The third-order valence-electron chi connectivity index (χ3n) is 6.17. The first-order chi connectivity index (χ1) is 14.2. The summed E-state index contributed by atoms with van der Waals surface area (Å²) in [5, 5.41) is 12.0. The number of para-hydroxylation sites is 1. The highest BCUT2D eigenvalue weighted by Crippen LogP contribution is 2.34. The molecular weight excluding hydrogens is 384 g/mol. The number of phenolic OH excluding ortho intramolecular Hbond substituents is 1. The molecule has 0 saturated carbocycles. The number of phenols is 1. The molecule has 0 radical (unpaired) electrons. The first kappa shape index (κ1) is 18.6. The summed E-state index contributed by atoms with van der Waals surface area (Å²) in [5.74, 6) is 1.67. The summed E-state index contributed by atoms with van der Waals surface area (Å²) in [6.07, 6.45) is 5.19. The van der Waals surface area contributed by atoms with Crippen molar-refractivity contribution in [3.63, 3.8) is 0 Å². The summed E-state index contributed by atoms with van der Waals surface area (Å²) >= 11 is 6.27. The monoisotopic (exact) mass is 408 g/mol. The highest BCUT2D eigenvalue weighted by molar-refractivity contribution is 6.31. The molecule has 2 aliphatic rings. The Balaban J connectivity index is 1.60. The number of aromatic hydroxyl groups is 1. The number of fused-ring (bicyclic) bond motifs is 2. The zero-order valence-corrected chi connectivity index (χ0v) is 17.1. The average Bonchev–Trinajstić information content (AvgIpc) is 2.98.